The molecule has 0 aromatic carbocycles. The number of nitrogens with two attached hydrogens (primary N) is 1. The second kappa shape index (κ2) is 7.11. The first kappa shape index (κ1) is 15.5. The summed E-state index contributed by atoms with van der Waals surface area (Å²) >= 11 is 0. The molecule has 3 heteroatoms. The lowest BCUT2D eigenvalue weighted by atomic mass is 9.85. The molecule has 0 spiro atoms. The molecule has 0 radical (unpaired) electrons. The van der Waals surface area contributed by atoms with E-state index in [9.17, 15) is 0 Å². The molecule has 3 nitrogen and oxygen atoms in total. The standard InChI is InChI=1S/C15H29N3/c1-13-8-4-5-9-14(13)18(3)11-7-6-10-15(2,17)12-16/h13-14H,4-11,17H2,1-3H3. The Bertz CT molecular complexity index is 280. The van der Waals surface area contributed by atoms with Gasteiger partial charge in [-0.25, -0.2) is 0 Å². The Balaban J connectivity index is 2.21. The summed E-state index contributed by atoms with van der Waals surface area (Å²) in [7, 11) is 2.25. The van der Waals surface area contributed by atoms with E-state index in [0.29, 0.717) is 0 Å². The molecule has 1 saturated carbocycles. The second-order valence-electron chi connectivity index (χ2n) is 6.30. The Kier molecular flexibility index (Phi) is 6.11. The van der Waals surface area contributed by atoms with Crippen LogP contribution >= 0.6 is 0 Å². The van der Waals surface area contributed by atoms with E-state index in [0.717, 1.165) is 37.8 Å². The first-order valence-electron chi connectivity index (χ1n) is 7.36. The van der Waals surface area contributed by atoms with Crippen molar-refractivity contribution in [1.82, 2.24) is 4.90 Å². The fourth-order valence-corrected chi connectivity index (χ4v) is 3.03. The van der Waals surface area contributed by atoms with E-state index in [1.807, 2.05) is 6.92 Å². The van der Waals surface area contributed by atoms with Crippen LogP contribution in [0.3, 0.4) is 0 Å². The molecule has 0 saturated heterocycles. The van der Waals surface area contributed by atoms with Gasteiger partial charge in [0.15, 0.2) is 0 Å². The van der Waals surface area contributed by atoms with Crippen LogP contribution in [0.15, 0.2) is 0 Å². The fraction of sp³-hybridized carbons (Fsp3) is 0.933. The summed E-state index contributed by atoms with van der Waals surface area (Å²) in [6.07, 6.45) is 8.51. The van der Waals surface area contributed by atoms with Gasteiger partial charge in [-0.2, -0.15) is 5.26 Å². The third kappa shape index (κ3) is 4.96. The number of nitriles is 1. The van der Waals surface area contributed by atoms with Gasteiger partial charge in [-0.15, -0.1) is 0 Å². The second-order valence-corrected chi connectivity index (χ2v) is 6.30. The number of rotatable bonds is 6. The minimum Gasteiger partial charge on any atom is -0.314 e. The van der Waals surface area contributed by atoms with Gasteiger partial charge in [-0.3, -0.25) is 0 Å². The van der Waals surface area contributed by atoms with Crippen molar-refractivity contribution in [2.24, 2.45) is 11.7 Å². The highest BCUT2D eigenvalue weighted by Crippen LogP contribution is 2.27. The van der Waals surface area contributed by atoms with Crippen molar-refractivity contribution >= 4 is 0 Å². The highest BCUT2D eigenvalue weighted by molar-refractivity contribution is 5.00. The lowest BCUT2D eigenvalue weighted by Crippen LogP contribution is -2.39. The third-order valence-electron chi connectivity index (χ3n) is 4.34. The first-order chi connectivity index (χ1) is 8.46. The van der Waals surface area contributed by atoms with E-state index in [-0.39, 0.29) is 0 Å². The number of nitrogens with zero attached hydrogens (tertiary/aromatic N) is 2. The van der Waals surface area contributed by atoms with Gasteiger partial charge in [0.2, 0.25) is 0 Å². The molecule has 1 fully saturated rings. The monoisotopic (exact) mass is 251 g/mol. The van der Waals surface area contributed by atoms with Crippen molar-refractivity contribution in [2.45, 2.75) is 70.4 Å². The number of unbranched alkanes of at least 4 members (excludes halogenated alkanes) is 1. The van der Waals surface area contributed by atoms with E-state index in [2.05, 4.69) is 24.9 Å². The molecule has 0 aromatic heterocycles. The Morgan fingerprint density at radius 3 is 2.61 bits per heavy atom. The Labute approximate surface area is 112 Å². The van der Waals surface area contributed by atoms with Crippen molar-refractivity contribution in [2.75, 3.05) is 13.6 Å². The molecule has 104 valence electrons. The average molecular weight is 251 g/mol. The minimum atomic E-state index is -0.642. The van der Waals surface area contributed by atoms with E-state index >= 15 is 0 Å². The van der Waals surface area contributed by atoms with Crippen LogP contribution in [0, 0.1) is 17.2 Å². The van der Waals surface area contributed by atoms with Gasteiger partial charge in [0.1, 0.15) is 5.54 Å². The highest BCUT2D eigenvalue weighted by Gasteiger charge is 2.24. The molecule has 0 amide bonds. The number of hydrogen-bond donors (Lipinski definition) is 1. The summed E-state index contributed by atoms with van der Waals surface area (Å²) in [6.45, 7) is 5.34. The summed E-state index contributed by atoms with van der Waals surface area (Å²) < 4.78 is 0. The normalized spacial score (nSPS) is 27.8. The van der Waals surface area contributed by atoms with E-state index in [1.54, 1.807) is 0 Å². The molecule has 1 rings (SSSR count). The van der Waals surface area contributed by atoms with Crippen LogP contribution in [0.5, 0.6) is 0 Å². The Morgan fingerprint density at radius 2 is 2.00 bits per heavy atom. The van der Waals surface area contributed by atoms with Crippen LogP contribution in [0.25, 0.3) is 0 Å². The molecule has 1 aliphatic rings. The molecule has 3 unspecified atom stereocenters. The van der Waals surface area contributed by atoms with Crippen molar-refractivity contribution < 1.29 is 0 Å². The van der Waals surface area contributed by atoms with Gasteiger partial charge in [0.05, 0.1) is 6.07 Å². The summed E-state index contributed by atoms with van der Waals surface area (Å²) in [5, 5.41) is 8.86. The molecular weight excluding hydrogens is 222 g/mol. The van der Waals surface area contributed by atoms with Crippen molar-refractivity contribution in [1.29, 1.82) is 5.26 Å². The summed E-state index contributed by atoms with van der Waals surface area (Å²) in [4.78, 5) is 2.52. The lowest BCUT2D eigenvalue weighted by molar-refractivity contribution is 0.137. The zero-order valence-electron chi connectivity index (χ0n) is 12.3. The molecule has 0 bridgehead atoms. The van der Waals surface area contributed by atoms with Gasteiger partial charge >= 0.3 is 0 Å². The molecule has 3 atom stereocenters. The maximum absolute atomic E-state index is 8.86. The summed E-state index contributed by atoms with van der Waals surface area (Å²) in [5.74, 6) is 0.836. The van der Waals surface area contributed by atoms with Crippen LogP contribution in [-0.2, 0) is 0 Å². The molecule has 0 aromatic rings. The summed E-state index contributed by atoms with van der Waals surface area (Å²) in [5.41, 5.74) is 5.18. The molecule has 2 N–H and O–H groups in total. The van der Waals surface area contributed by atoms with Gasteiger partial charge in [-0.05, 0) is 58.5 Å². The van der Waals surface area contributed by atoms with Gasteiger partial charge in [0.25, 0.3) is 0 Å². The predicted octanol–water partition coefficient (Wildman–Crippen LogP) is 2.91. The zero-order valence-corrected chi connectivity index (χ0v) is 12.3. The van der Waals surface area contributed by atoms with E-state index in [4.69, 9.17) is 11.0 Å². The average Bonchev–Trinajstić information content (AvgIpc) is 2.35. The van der Waals surface area contributed by atoms with E-state index < -0.39 is 5.54 Å². The third-order valence-corrected chi connectivity index (χ3v) is 4.34. The van der Waals surface area contributed by atoms with Crippen molar-refractivity contribution in [3.05, 3.63) is 0 Å². The fourth-order valence-electron chi connectivity index (χ4n) is 3.03. The first-order valence-corrected chi connectivity index (χ1v) is 7.36. The molecule has 1 aliphatic carbocycles. The lowest BCUT2D eigenvalue weighted by Gasteiger charge is -2.36. The largest absolute Gasteiger partial charge is 0.314 e. The topological polar surface area (TPSA) is 53.0 Å². The minimum absolute atomic E-state index is 0.642. The van der Waals surface area contributed by atoms with Crippen molar-refractivity contribution in [3.8, 4) is 6.07 Å². The SMILES string of the molecule is CC1CCCCC1N(C)CCCCC(C)(N)C#N. The van der Waals surface area contributed by atoms with E-state index in [1.165, 1.54) is 25.7 Å². The van der Waals surface area contributed by atoms with Crippen LogP contribution in [0.1, 0.15) is 58.8 Å². The molecule has 0 aliphatic heterocycles. The molecular formula is C15H29N3. The Hall–Kier alpha value is -0.590. The van der Waals surface area contributed by atoms with Gasteiger partial charge in [0, 0.05) is 6.04 Å². The van der Waals surface area contributed by atoms with Crippen molar-refractivity contribution in [3.63, 3.8) is 0 Å². The molecule has 18 heavy (non-hydrogen) atoms. The van der Waals surface area contributed by atoms with Gasteiger partial charge < -0.3 is 10.6 Å². The highest BCUT2D eigenvalue weighted by atomic mass is 15.1. The van der Waals surface area contributed by atoms with Crippen LogP contribution in [0.2, 0.25) is 0 Å². The maximum atomic E-state index is 8.86. The zero-order chi connectivity index (χ0) is 13.6. The Morgan fingerprint density at radius 1 is 1.33 bits per heavy atom. The van der Waals surface area contributed by atoms with Crippen LogP contribution in [0.4, 0.5) is 0 Å². The number of hydrogen-bond acceptors (Lipinski definition) is 3. The summed E-state index contributed by atoms with van der Waals surface area (Å²) in [6, 6.07) is 2.93. The predicted molar refractivity (Wildman–Crippen MR) is 76.1 cm³/mol. The maximum Gasteiger partial charge on any atom is 0.101 e. The quantitative estimate of drug-likeness (QED) is 0.738. The van der Waals surface area contributed by atoms with Gasteiger partial charge in [-0.1, -0.05) is 19.8 Å². The van der Waals surface area contributed by atoms with Crippen LogP contribution in [-0.4, -0.2) is 30.1 Å². The molecule has 0 heterocycles. The smallest absolute Gasteiger partial charge is 0.101 e. The van der Waals surface area contributed by atoms with Crippen LogP contribution < -0.4 is 5.73 Å².